The molecule has 1 aliphatic rings. The lowest BCUT2D eigenvalue weighted by Gasteiger charge is -2.48. The Morgan fingerprint density at radius 3 is 1.96 bits per heavy atom. The van der Waals surface area contributed by atoms with Crippen LogP contribution in [0.5, 0.6) is 5.75 Å². The fourth-order valence-corrected chi connectivity index (χ4v) is 6.44. The van der Waals surface area contributed by atoms with Gasteiger partial charge in [-0.25, -0.2) is 4.79 Å². The van der Waals surface area contributed by atoms with Crippen LogP contribution in [-0.2, 0) is 34.5 Å². The number of carboxylic acid groups (broad SMARTS) is 1. The molecule has 3 unspecified atom stereocenters. The van der Waals surface area contributed by atoms with Crippen LogP contribution in [0.15, 0.2) is 84.9 Å². The van der Waals surface area contributed by atoms with E-state index < -0.39 is 47.0 Å². The predicted molar refractivity (Wildman–Crippen MR) is 178 cm³/mol. The van der Waals surface area contributed by atoms with E-state index in [-0.39, 0.29) is 5.56 Å². The van der Waals surface area contributed by atoms with Crippen molar-refractivity contribution in [2.75, 3.05) is 26.2 Å². The van der Waals surface area contributed by atoms with E-state index in [0.717, 1.165) is 38.9 Å². The zero-order valence-corrected chi connectivity index (χ0v) is 27.8. The summed E-state index contributed by atoms with van der Waals surface area (Å²) in [6.45, 7) is 8.21. The molecule has 0 bridgehead atoms. The Morgan fingerprint density at radius 1 is 0.809 bits per heavy atom. The lowest BCUT2D eigenvalue weighted by atomic mass is 9.77. The number of aliphatic carboxylic acids is 1. The highest BCUT2D eigenvalue weighted by molar-refractivity contribution is 6.25. The highest BCUT2D eigenvalue weighted by Crippen LogP contribution is 2.55. The van der Waals surface area contributed by atoms with Crippen LogP contribution < -0.4 is 4.74 Å². The predicted octanol–water partition coefficient (Wildman–Crippen LogP) is 6.39. The molecule has 47 heavy (non-hydrogen) atoms. The third kappa shape index (κ3) is 8.33. The minimum atomic E-state index is -2.70. The average Bonchev–Trinajstić information content (AvgIpc) is 3.06. The summed E-state index contributed by atoms with van der Waals surface area (Å²) in [6.07, 6.45) is 3.46. The van der Waals surface area contributed by atoms with Crippen LogP contribution in [0.1, 0.15) is 75.5 Å². The molecule has 3 aromatic carbocycles. The Bertz CT molecular complexity index is 1470. The maximum atomic E-state index is 13.6. The number of hydrogen-bond acceptors (Lipinski definition) is 8. The van der Waals surface area contributed by atoms with Gasteiger partial charge >= 0.3 is 17.9 Å². The Balaban J connectivity index is 1.63. The zero-order valence-electron chi connectivity index (χ0n) is 27.0. The van der Waals surface area contributed by atoms with Gasteiger partial charge in [0.2, 0.25) is 5.60 Å². The topological polar surface area (TPSA) is 123 Å². The van der Waals surface area contributed by atoms with Gasteiger partial charge in [-0.1, -0.05) is 118 Å². The number of esters is 2. The summed E-state index contributed by atoms with van der Waals surface area (Å²) < 4.78 is 18.2. The van der Waals surface area contributed by atoms with Crippen LogP contribution in [0.2, 0.25) is 0 Å². The van der Waals surface area contributed by atoms with Crippen molar-refractivity contribution in [3.63, 3.8) is 0 Å². The van der Waals surface area contributed by atoms with Crippen LogP contribution >= 0.6 is 11.6 Å². The molecule has 1 aliphatic heterocycles. The van der Waals surface area contributed by atoms with Crippen molar-refractivity contribution in [2.24, 2.45) is 0 Å². The number of hydrogen-bond donors (Lipinski definition) is 2. The zero-order chi connectivity index (χ0) is 33.9. The largest absolute Gasteiger partial charge is 0.494 e. The third-order valence-corrected chi connectivity index (χ3v) is 9.14. The minimum absolute atomic E-state index is 0.240. The molecule has 2 N–H and O–H groups in total. The molecule has 9 nitrogen and oxygen atoms in total. The summed E-state index contributed by atoms with van der Waals surface area (Å²) >= 11 is 7.41. The molecule has 4 rings (SSSR count). The van der Waals surface area contributed by atoms with E-state index in [1.54, 1.807) is 84.9 Å². The summed E-state index contributed by atoms with van der Waals surface area (Å²) in [5, 5.41) is 18.2. The number of alkyl halides is 1. The first-order chi connectivity index (χ1) is 22.6. The fourth-order valence-electron chi connectivity index (χ4n) is 5.99. The van der Waals surface area contributed by atoms with Crippen molar-refractivity contribution in [1.82, 2.24) is 4.90 Å². The molecule has 252 valence electrons. The normalized spacial score (nSPS) is 23.0. The standard InChI is InChI=1S/C37H44ClNO8/c1-3-39(4-2)24-14-6-5-7-15-25-45-31-22-20-29(21-23-31)36(28-16-10-8-11-17-28)37(38,30-18-12-9-13-19-30)47-34(43)35(44,26-32(40)41)27-33(42)46-36/h8-13,16-23,44H,3-7,14-15,24-27H2,1-2H3,(H,40,41). The summed E-state index contributed by atoms with van der Waals surface area (Å²) in [7, 11) is 0. The van der Waals surface area contributed by atoms with Crippen LogP contribution in [0.25, 0.3) is 0 Å². The summed E-state index contributed by atoms with van der Waals surface area (Å²) in [4.78, 5) is 41.2. The van der Waals surface area contributed by atoms with E-state index in [9.17, 15) is 24.6 Å². The van der Waals surface area contributed by atoms with Gasteiger partial charge in [0.1, 0.15) is 5.75 Å². The summed E-state index contributed by atoms with van der Waals surface area (Å²) in [5.74, 6) is -3.29. The molecule has 3 aromatic rings. The van der Waals surface area contributed by atoms with Gasteiger partial charge < -0.3 is 29.3 Å². The van der Waals surface area contributed by atoms with E-state index >= 15 is 0 Å². The maximum absolute atomic E-state index is 13.6. The van der Waals surface area contributed by atoms with Gasteiger partial charge in [-0.3, -0.25) is 9.59 Å². The molecule has 0 saturated carbocycles. The van der Waals surface area contributed by atoms with Crippen molar-refractivity contribution in [3.05, 3.63) is 102 Å². The first kappa shape index (κ1) is 35.9. The van der Waals surface area contributed by atoms with E-state index in [2.05, 4.69) is 18.7 Å². The number of rotatable bonds is 16. The van der Waals surface area contributed by atoms with Crippen molar-refractivity contribution in [1.29, 1.82) is 0 Å². The highest BCUT2D eigenvalue weighted by atomic mass is 35.5. The molecular weight excluding hydrogens is 622 g/mol. The number of nitrogens with zero attached hydrogens (tertiary/aromatic N) is 1. The van der Waals surface area contributed by atoms with E-state index in [0.29, 0.717) is 23.5 Å². The first-order valence-electron chi connectivity index (χ1n) is 16.2. The van der Waals surface area contributed by atoms with Crippen molar-refractivity contribution in [2.45, 2.75) is 75.1 Å². The SMILES string of the molecule is CCN(CC)CCCCCCCOc1ccc(C2(c3ccccc3)OC(=O)CC(O)(CC(=O)O)C(=O)OC2(Cl)c2ccccc2)cc1. The molecule has 1 saturated heterocycles. The number of unbranched alkanes of at least 4 members (excludes halogenated alkanes) is 4. The molecule has 1 fully saturated rings. The molecule has 3 atom stereocenters. The van der Waals surface area contributed by atoms with Crippen molar-refractivity contribution < 1.29 is 38.8 Å². The maximum Gasteiger partial charge on any atom is 0.341 e. The van der Waals surface area contributed by atoms with E-state index in [1.807, 2.05) is 0 Å². The molecule has 0 aromatic heterocycles. The lowest BCUT2D eigenvalue weighted by molar-refractivity contribution is -0.219. The Kier molecular flexibility index (Phi) is 12.4. The van der Waals surface area contributed by atoms with Gasteiger partial charge in [-0.2, -0.15) is 0 Å². The summed E-state index contributed by atoms with van der Waals surface area (Å²) in [6, 6.07) is 23.8. The number of aliphatic hydroxyl groups is 1. The van der Waals surface area contributed by atoms with Gasteiger partial charge in [0.25, 0.3) is 5.06 Å². The molecule has 10 heteroatoms. The number of carbonyl (C=O) groups is 3. The van der Waals surface area contributed by atoms with E-state index in [1.165, 1.54) is 12.8 Å². The Hall–Kier alpha value is -3.92. The second-order valence-corrected chi connectivity index (χ2v) is 12.4. The van der Waals surface area contributed by atoms with Crippen LogP contribution in [0.3, 0.4) is 0 Å². The Morgan fingerprint density at radius 2 is 1.36 bits per heavy atom. The number of carboxylic acids is 1. The molecular formula is C37H44ClNO8. The van der Waals surface area contributed by atoms with Crippen LogP contribution in [0.4, 0.5) is 0 Å². The Labute approximate surface area is 281 Å². The minimum Gasteiger partial charge on any atom is -0.494 e. The van der Waals surface area contributed by atoms with Crippen molar-refractivity contribution >= 4 is 29.5 Å². The quantitative estimate of drug-likeness (QED) is 0.102. The second kappa shape index (κ2) is 16.3. The number of cyclic esters (lactones) is 2. The number of carbonyl (C=O) groups excluding carboxylic acids is 2. The van der Waals surface area contributed by atoms with Crippen molar-refractivity contribution in [3.8, 4) is 5.75 Å². The smallest absolute Gasteiger partial charge is 0.341 e. The second-order valence-electron chi connectivity index (χ2n) is 11.8. The first-order valence-corrected chi connectivity index (χ1v) is 16.6. The van der Waals surface area contributed by atoms with Crippen LogP contribution in [-0.4, -0.2) is 64.9 Å². The van der Waals surface area contributed by atoms with Gasteiger partial charge in [-0.15, -0.1) is 0 Å². The van der Waals surface area contributed by atoms with E-state index in [4.69, 9.17) is 25.8 Å². The van der Waals surface area contributed by atoms with Gasteiger partial charge in [0.15, 0.2) is 5.60 Å². The van der Waals surface area contributed by atoms with Gasteiger partial charge in [0, 0.05) is 16.7 Å². The lowest BCUT2D eigenvalue weighted by Crippen LogP contribution is -2.58. The molecule has 0 spiro atoms. The summed E-state index contributed by atoms with van der Waals surface area (Å²) in [5.41, 5.74) is -3.67. The molecule has 0 radical (unpaired) electrons. The monoisotopic (exact) mass is 665 g/mol. The molecule has 1 heterocycles. The highest BCUT2D eigenvalue weighted by Gasteiger charge is 2.64. The fraction of sp³-hybridized carbons (Fsp3) is 0.432. The molecule has 0 aliphatic carbocycles. The molecule has 0 amide bonds. The number of ether oxygens (including phenoxy) is 3. The van der Waals surface area contributed by atoms with Gasteiger partial charge in [0.05, 0.1) is 19.4 Å². The number of benzene rings is 3. The van der Waals surface area contributed by atoms with Crippen LogP contribution in [0, 0.1) is 0 Å². The average molecular weight is 666 g/mol. The number of halogens is 1. The van der Waals surface area contributed by atoms with Gasteiger partial charge in [-0.05, 0) is 44.6 Å². The third-order valence-electron chi connectivity index (χ3n) is 8.58.